The normalized spacial score (nSPS) is 14.4. The molecule has 0 aromatic rings. The Hall–Kier alpha value is -1.26. The molecule has 1 fully saturated rings. The van der Waals surface area contributed by atoms with E-state index < -0.39 is 5.97 Å². The third kappa shape index (κ3) is 5.56. The van der Waals surface area contributed by atoms with E-state index in [-0.39, 0.29) is 12.5 Å². The average Bonchev–Trinajstić information content (AvgIpc) is 3.08. The van der Waals surface area contributed by atoms with E-state index in [4.69, 9.17) is 5.11 Å². The van der Waals surface area contributed by atoms with E-state index in [2.05, 4.69) is 12.2 Å². The molecule has 98 valence electrons. The minimum Gasteiger partial charge on any atom is -0.481 e. The maximum Gasteiger partial charge on any atom is 0.317 e. The summed E-state index contributed by atoms with van der Waals surface area (Å²) in [6.45, 7) is 3.44. The molecule has 2 amide bonds. The fraction of sp³-hybridized carbons (Fsp3) is 0.833. The first-order valence-electron chi connectivity index (χ1n) is 6.41. The van der Waals surface area contributed by atoms with Gasteiger partial charge in [0.15, 0.2) is 0 Å². The second-order valence-corrected chi connectivity index (χ2v) is 4.51. The molecule has 1 rings (SSSR count). The van der Waals surface area contributed by atoms with Gasteiger partial charge in [-0.2, -0.15) is 0 Å². The van der Waals surface area contributed by atoms with Crippen LogP contribution >= 0.6 is 0 Å². The molecule has 0 radical (unpaired) electrons. The Morgan fingerprint density at radius 3 is 2.59 bits per heavy atom. The highest BCUT2D eigenvalue weighted by atomic mass is 16.4. The van der Waals surface area contributed by atoms with Crippen molar-refractivity contribution in [3.05, 3.63) is 0 Å². The van der Waals surface area contributed by atoms with Crippen molar-refractivity contribution in [1.29, 1.82) is 0 Å². The van der Waals surface area contributed by atoms with E-state index in [0.29, 0.717) is 19.0 Å². The van der Waals surface area contributed by atoms with Crippen molar-refractivity contribution in [2.24, 2.45) is 0 Å². The molecule has 1 saturated carbocycles. The molecule has 0 aliphatic heterocycles. The van der Waals surface area contributed by atoms with Gasteiger partial charge in [0.2, 0.25) is 0 Å². The lowest BCUT2D eigenvalue weighted by Crippen LogP contribution is -2.42. The zero-order valence-electron chi connectivity index (χ0n) is 10.4. The first-order chi connectivity index (χ1) is 8.15. The summed E-state index contributed by atoms with van der Waals surface area (Å²) in [7, 11) is 0. The Morgan fingerprint density at radius 1 is 1.35 bits per heavy atom. The SMILES string of the molecule is CCCN(C(=O)NCCCCC(=O)O)C1CC1. The van der Waals surface area contributed by atoms with Crippen LogP contribution in [0, 0.1) is 0 Å². The maximum absolute atomic E-state index is 11.8. The monoisotopic (exact) mass is 242 g/mol. The molecule has 5 heteroatoms. The van der Waals surface area contributed by atoms with Crippen molar-refractivity contribution in [3.8, 4) is 0 Å². The second-order valence-electron chi connectivity index (χ2n) is 4.51. The third-order valence-electron chi connectivity index (χ3n) is 2.81. The number of urea groups is 1. The first-order valence-corrected chi connectivity index (χ1v) is 6.41. The van der Waals surface area contributed by atoms with Gasteiger partial charge in [-0.3, -0.25) is 4.79 Å². The number of amides is 2. The quantitative estimate of drug-likeness (QED) is 0.638. The molecule has 0 aromatic heterocycles. The van der Waals surface area contributed by atoms with Crippen LogP contribution in [0.2, 0.25) is 0 Å². The van der Waals surface area contributed by atoms with Crippen LogP contribution in [0.1, 0.15) is 45.4 Å². The topological polar surface area (TPSA) is 69.6 Å². The van der Waals surface area contributed by atoms with Gasteiger partial charge in [0, 0.05) is 25.6 Å². The van der Waals surface area contributed by atoms with Gasteiger partial charge in [0.25, 0.3) is 0 Å². The summed E-state index contributed by atoms with van der Waals surface area (Å²) >= 11 is 0. The van der Waals surface area contributed by atoms with Crippen molar-refractivity contribution in [1.82, 2.24) is 10.2 Å². The standard InChI is InChI=1S/C12H22N2O3/c1-2-9-14(10-6-7-10)12(17)13-8-4-3-5-11(15)16/h10H,2-9H2,1H3,(H,13,17)(H,15,16). The predicted octanol–water partition coefficient (Wildman–Crippen LogP) is 1.83. The van der Waals surface area contributed by atoms with Gasteiger partial charge in [-0.25, -0.2) is 4.79 Å². The largest absolute Gasteiger partial charge is 0.481 e. The van der Waals surface area contributed by atoms with Gasteiger partial charge in [0.05, 0.1) is 0 Å². The van der Waals surface area contributed by atoms with Gasteiger partial charge in [-0.1, -0.05) is 6.92 Å². The number of hydrogen-bond donors (Lipinski definition) is 2. The Morgan fingerprint density at radius 2 is 2.06 bits per heavy atom. The smallest absolute Gasteiger partial charge is 0.317 e. The molecule has 1 aliphatic rings. The third-order valence-corrected chi connectivity index (χ3v) is 2.81. The number of nitrogens with zero attached hydrogens (tertiary/aromatic N) is 1. The molecule has 0 bridgehead atoms. The van der Waals surface area contributed by atoms with Crippen LogP contribution in [0.15, 0.2) is 0 Å². The van der Waals surface area contributed by atoms with Crippen LogP contribution in [0.25, 0.3) is 0 Å². The molecule has 17 heavy (non-hydrogen) atoms. The zero-order valence-corrected chi connectivity index (χ0v) is 10.4. The van der Waals surface area contributed by atoms with Gasteiger partial charge >= 0.3 is 12.0 Å². The minimum atomic E-state index is -0.776. The number of carboxylic acids is 1. The number of aliphatic carboxylic acids is 1. The molecule has 0 aromatic carbocycles. The summed E-state index contributed by atoms with van der Waals surface area (Å²) in [4.78, 5) is 24.0. The molecule has 5 nitrogen and oxygen atoms in total. The summed E-state index contributed by atoms with van der Waals surface area (Å²) < 4.78 is 0. The lowest BCUT2D eigenvalue weighted by molar-refractivity contribution is -0.137. The Balaban J connectivity index is 2.12. The van der Waals surface area contributed by atoms with E-state index in [1.165, 1.54) is 0 Å². The average molecular weight is 242 g/mol. The molecule has 0 unspecified atom stereocenters. The predicted molar refractivity (Wildman–Crippen MR) is 64.9 cm³/mol. The van der Waals surface area contributed by atoms with Gasteiger partial charge in [0.1, 0.15) is 0 Å². The number of carbonyl (C=O) groups is 2. The Kier molecular flexibility index (Phi) is 5.80. The lowest BCUT2D eigenvalue weighted by Gasteiger charge is -2.22. The molecule has 0 atom stereocenters. The molecule has 2 N–H and O–H groups in total. The van der Waals surface area contributed by atoms with Crippen molar-refractivity contribution in [2.75, 3.05) is 13.1 Å². The van der Waals surface area contributed by atoms with Gasteiger partial charge in [-0.05, 0) is 32.1 Å². The van der Waals surface area contributed by atoms with Crippen LogP contribution in [0.4, 0.5) is 4.79 Å². The summed E-state index contributed by atoms with van der Waals surface area (Å²) in [6, 6.07) is 0.443. The molecular weight excluding hydrogens is 220 g/mol. The fourth-order valence-electron chi connectivity index (χ4n) is 1.78. The van der Waals surface area contributed by atoms with Crippen LogP contribution in [0.3, 0.4) is 0 Å². The van der Waals surface area contributed by atoms with Gasteiger partial charge in [-0.15, -0.1) is 0 Å². The minimum absolute atomic E-state index is 0.00433. The van der Waals surface area contributed by atoms with Crippen LogP contribution in [0.5, 0.6) is 0 Å². The number of rotatable bonds is 8. The van der Waals surface area contributed by atoms with Crippen molar-refractivity contribution in [2.45, 2.75) is 51.5 Å². The molecule has 0 spiro atoms. The van der Waals surface area contributed by atoms with Crippen LogP contribution in [-0.4, -0.2) is 41.1 Å². The highest BCUT2D eigenvalue weighted by Crippen LogP contribution is 2.26. The van der Waals surface area contributed by atoms with E-state index in [0.717, 1.165) is 32.2 Å². The maximum atomic E-state index is 11.8. The number of nitrogens with one attached hydrogen (secondary N) is 1. The number of carbonyl (C=O) groups excluding carboxylic acids is 1. The summed E-state index contributed by atoms with van der Waals surface area (Å²) in [5, 5.41) is 11.3. The Labute approximate surface area is 102 Å². The van der Waals surface area contributed by atoms with E-state index >= 15 is 0 Å². The highest BCUT2D eigenvalue weighted by Gasteiger charge is 2.31. The van der Waals surface area contributed by atoms with Crippen LogP contribution < -0.4 is 5.32 Å². The van der Waals surface area contributed by atoms with Gasteiger partial charge < -0.3 is 15.3 Å². The lowest BCUT2D eigenvalue weighted by atomic mass is 10.2. The second kappa shape index (κ2) is 7.14. The zero-order chi connectivity index (χ0) is 12.7. The highest BCUT2D eigenvalue weighted by molar-refractivity contribution is 5.74. The van der Waals surface area contributed by atoms with E-state index in [9.17, 15) is 9.59 Å². The first kappa shape index (κ1) is 13.8. The number of unbranched alkanes of at least 4 members (excludes halogenated alkanes) is 1. The summed E-state index contributed by atoms with van der Waals surface area (Å²) in [5.41, 5.74) is 0. The number of hydrogen-bond acceptors (Lipinski definition) is 2. The van der Waals surface area contributed by atoms with Crippen molar-refractivity contribution < 1.29 is 14.7 Å². The molecular formula is C12H22N2O3. The van der Waals surface area contributed by atoms with Crippen molar-refractivity contribution >= 4 is 12.0 Å². The Bertz CT molecular complexity index is 264. The summed E-state index contributed by atoms with van der Waals surface area (Å²) in [6.07, 6.45) is 4.73. The molecule has 1 aliphatic carbocycles. The molecule has 0 saturated heterocycles. The fourth-order valence-corrected chi connectivity index (χ4v) is 1.78. The van der Waals surface area contributed by atoms with E-state index in [1.54, 1.807) is 0 Å². The summed E-state index contributed by atoms with van der Waals surface area (Å²) in [5.74, 6) is -0.776. The van der Waals surface area contributed by atoms with Crippen LogP contribution in [-0.2, 0) is 4.79 Å². The molecule has 0 heterocycles. The van der Waals surface area contributed by atoms with Crippen molar-refractivity contribution in [3.63, 3.8) is 0 Å². The number of carboxylic acid groups (broad SMARTS) is 1. The van der Waals surface area contributed by atoms with E-state index in [1.807, 2.05) is 4.90 Å².